The van der Waals surface area contributed by atoms with E-state index in [1.807, 2.05) is 6.92 Å². The highest BCUT2D eigenvalue weighted by Gasteiger charge is 2.26. The van der Waals surface area contributed by atoms with E-state index in [1.54, 1.807) is 11.5 Å². The zero-order chi connectivity index (χ0) is 22.6. The van der Waals surface area contributed by atoms with Crippen molar-refractivity contribution in [1.29, 1.82) is 0 Å². The van der Waals surface area contributed by atoms with Gasteiger partial charge in [0, 0.05) is 12.6 Å². The Balaban J connectivity index is 1.85. The summed E-state index contributed by atoms with van der Waals surface area (Å²) in [5, 5.41) is 8.09. The van der Waals surface area contributed by atoms with E-state index in [-0.39, 0.29) is 22.5 Å². The van der Waals surface area contributed by atoms with Crippen molar-refractivity contribution in [3.05, 3.63) is 54.1 Å². The number of nitrogens with one attached hydrogen (secondary N) is 1. The molecule has 3 aromatic rings. The predicted octanol–water partition coefficient (Wildman–Crippen LogP) is 3.29. The number of rotatable bonds is 9. The third-order valence-corrected chi connectivity index (χ3v) is 6.04. The van der Waals surface area contributed by atoms with Crippen LogP contribution in [-0.2, 0) is 16.6 Å². The van der Waals surface area contributed by atoms with Crippen molar-refractivity contribution in [3.63, 3.8) is 0 Å². The fraction of sp³-hybridized carbons (Fsp3) is 0.300. The van der Waals surface area contributed by atoms with Crippen molar-refractivity contribution in [2.45, 2.75) is 31.3 Å². The molecule has 3 rings (SSSR count). The van der Waals surface area contributed by atoms with E-state index < -0.39 is 16.1 Å². The lowest BCUT2D eigenvalue weighted by Crippen LogP contribution is -2.29. The summed E-state index contributed by atoms with van der Waals surface area (Å²) < 4.78 is 59.2. The summed E-state index contributed by atoms with van der Waals surface area (Å²) in [6.07, 6.45) is 0. The summed E-state index contributed by atoms with van der Waals surface area (Å²) in [6, 6.07) is 9.32. The van der Waals surface area contributed by atoms with Gasteiger partial charge >= 0.3 is 6.01 Å². The molecule has 2 aromatic carbocycles. The van der Waals surface area contributed by atoms with Crippen LogP contribution in [0.1, 0.15) is 25.7 Å². The first-order chi connectivity index (χ1) is 14.8. The number of methoxy groups -OCH3 is 2. The minimum atomic E-state index is -3.95. The topological polar surface area (TPSA) is 105 Å². The smallest absolute Gasteiger partial charge is 0.322 e. The summed E-state index contributed by atoms with van der Waals surface area (Å²) in [4.78, 5) is -0.0343. The molecule has 0 bridgehead atoms. The predicted molar refractivity (Wildman–Crippen MR) is 110 cm³/mol. The third kappa shape index (κ3) is 4.94. The van der Waals surface area contributed by atoms with E-state index in [1.165, 1.54) is 56.7 Å². The average molecular weight is 450 g/mol. The normalized spacial score (nSPS) is 12.4. The summed E-state index contributed by atoms with van der Waals surface area (Å²) in [5.41, 5.74) is 0. The maximum absolute atomic E-state index is 13.1. The van der Waals surface area contributed by atoms with Gasteiger partial charge in [-0.05, 0) is 50.2 Å². The number of hydrogen-bond donors (Lipinski definition) is 1. The monoisotopic (exact) mass is 450 g/mol. The highest BCUT2D eigenvalue weighted by Crippen LogP contribution is 2.30. The Morgan fingerprint density at radius 2 is 1.74 bits per heavy atom. The molecule has 0 amide bonds. The van der Waals surface area contributed by atoms with Gasteiger partial charge in [0.1, 0.15) is 28.0 Å². The van der Waals surface area contributed by atoms with Crippen LogP contribution in [-0.4, -0.2) is 37.4 Å². The molecule has 1 atom stereocenters. The summed E-state index contributed by atoms with van der Waals surface area (Å²) in [7, 11) is -1.09. The molecule has 0 fully saturated rings. The van der Waals surface area contributed by atoms with E-state index in [2.05, 4.69) is 14.9 Å². The Morgan fingerprint density at radius 1 is 1.06 bits per heavy atom. The fourth-order valence-corrected chi connectivity index (χ4v) is 4.30. The first kappa shape index (κ1) is 22.5. The van der Waals surface area contributed by atoms with Gasteiger partial charge in [0.15, 0.2) is 5.82 Å². The van der Waals surface area contributed by atoms with Crippen molar-refractivity contribution in [2.75, 3.05) is 14.2 Å². The molecule has 11 heteroatoms. The Kier molecular flexibility index (Phi) is 6.76. The van der Waals surface area contributed by atoms with Crippen LogP contribution in [0.3, 0.4) is 0 Å². The molecule has 166 valence electrons. The average Bonchev–Trinajstić information content (AvgIpc) is 3.17. The molecule has 9 nitrogen and oxygen atoms in total. The molecule has 0 radical (unpaired) electrons. The van der Waals surface area contributed by atoms with E-state index in [9.17, 15) is 12.8 Å². The van der Waals surface area contributed by atoms with Crippen molar-refractivity contribution in [1.82, 2.24) is 19.5 Å². The number of halogens is 1. The van der Waals surface area contributed by atoms with Crippen molar-refractivity contribution in [2.24, 2.45) is 0 Å². The number of ether oxygens (including phenoxy) is 3. The largest absolute Gasteiger partial charge is 0.497 e. The van der Waals surface area contributed by atoms with Crippen LogP contribution >= 0.6 is 0 Å². The van der Waals surface area contributed by atoms with Gasteiger partial charge in [-0.1, -0.05) is 5.10 Å². The first-order valence-electron chi connectivity index (χ1n) is 9.40. The van der Waals surface area contributed by atoms with E-state index >= 15 is 0 Å². The van der Waals surface area contributed by atoms with Crippen LogP contribution in [0.15, 0.2) is 47.4 Å². The van der Waals surface area contributed by atoms with Gasteiger partial charge in [-0.25, -0.2) is 17.5 Å². The Morgan fingerprint density at radius 3 is 2.35 bits per heavy atom. The molecular formula is C20H23FN4O5S. The number of nitrogens with zero attached hydrogens (tertiary/aromatic N) is 3. The highest BCUT2D eigenvalue weighted by atomic mass is 32.2. The van der Waals surface area contributed by atoms with Crippen molar-refractivity contribution >= 4 is 10.0 Å². The van der Waals surface area contributed by atoms with Gasteiger partial charge in [0.2, 0.25) is 10.0 Å². The van der Waals surface area contributed by atoms with Gasteiger partial charge in [-0.15, -0.1) is 5.10 Å². The van der Waals surface area contributed by atoms with Gasteiger partial charge in [-0.2, -0.15) is 0 Å². The SMILES string of the molecule is CCn1c(Oc2ccc(F)cc2)nnc1[C@@H](C)NS(=O)(=O)c1ccc(OC)cc1OC. The fourth-order valence-electron chi connectivity index (χ4n) is 2.95. The van der Waals surface area contributed by atoms with Crippen LogP contribution in [0.2, 0.25) is 0 Å². The Hall–Kier alpha value is -3.18. The van der Waals surface area contributed by atoms with Gasteiger partial charge in [-0.3, -0.25) is 4.57 Å². The minimum absolute atomic E-state index is 0.0343. The first-order valence-corrected chi connectivity index (χ1v) is 10.9. The van der Waals surface area contributed by atoms with Crippen molar-refractivity contribution < 1.29 is 27.0 Å². The second-order valence-corrected chi connectivity index (χ2v) is 8.18. The molecular weight excluding hydrogens is 427 g/mol. The van der Waals surface area contributed by atoms with Crippen molar-refractivity contribution in [3.8, 4) is 23.3 Å². The quantitative estimate of drug-likeness (QED) is 0.533. The minimum Gasteiger partial charge on any atom is -0.497 e. The number of aromatic nitrogens is 3. The van der Waals surface area contributed by atoms with E-state index in [4.69, 9.17) is 14.2 Å². The molecule has 0 aliphatic rings. The third-order valence-electron chi connectivity index (χ3n) is 4.46. The second-order valence-electron chi connectivity index (χ2n) is 6.50. The van der Waals surface area contributed by atoms with Gasteiger partial charge < -0.3 is 14.2 Å². The van der Waals surface area contributed by atoms with Crippen LogP contribution in [0, 0.1) is 5.82 Å². The number of benzene rings is 2. The van der Waals surface area contributed by atoms with Crippen LogP contribution in [0.5, 0.6) is 23.3 Å². The maximum atomic E-state index is 13.1. The summed E-state index contributed by atoms with van der Waals surface area (Å²) >= 11 is 0. The number of sulfonamides is 1. The van der Waals surface area contributed by atoms with Crippen LogP contribution in [0.25, 0.3) is 0 Å². The molecule has 0 saturated heterocycles. The van der Waals surface area contributed by atoms with Gasteiger partial charge in [0.05, 0.1) is 20.3 Å². The van der Waals surface area contributed by atoms with Crippen LogP contribution in [0.4, 0.5) is 4.39 Å². The summed E-state index contributed by atoms with van der Waals surface area (Å²) in [6.45, 7) is 3.92. The molecule has 0 saturated carbocycles. The van der Waals surface area contributed by atoms with E-state index in [0.29, 0.717) is 23.9 Å². The van der Waals surface area contributed by atoms with Crippen LogP contribution < -0.4 is 18.9 Å². The zero-order valence-electron chi connectivity index (χ0n) is 17.5. The molecule has 1 aromatic heterocycles. The maximum Gasteiger partial charge on any atom is 0.322 e. The second kappa shape index (κ2) is 9.31. The number of hydrogen-bond acceptors (Lipinski definition) is 7. The lowest BCUT2D eigenvalue weighted by molar-refractivity contribution is 0.385. The molecule has 0 unspecified atom stereocenters. The molecule has 0 spiro atoms. The molecule has 1 heterocycles. The summed E-state index contributed by atoms with van der Waals surface area (Å²) in [5.74, 6) is 0.970. The van der Waals surface area contributed by atoms with E-state index in [0.717, 1.165) is 0 Å². The molecule has 0 aliphatic carbocycles. The Labute approximate surface area is 179 Å². The highest BCUT2D eigenvalue weighted by molar-refractivity contribution is 7.89. The molecule has 31 heavy (non-hydrogen) atoms. The molecule has 0 aliphatic heterocycles. The standard InChI is InChI=1S/C20H23FN4O5S/c1-5-25-19(22-23-20(25)30-15-8-6-14(21)7-9-15)13(2)24-31(26,27)18-11-10-16(28-3)12-17(18)29-4/h6-13,24H,5H2,1-4H3/t13-/m1/s1. The lowest BCUT2D eigenvalue weighted by atomic mass is 10.3. The Bertz CT molecular complexity index is 1150. The lowest BCUT2D eigenvalue weighted by Gasteiger charge is -2.17. The molecule has 1 N–H and O–H groups in total. The zero-order valence-corrected chi connectivity index (χ0v) is 18.3. The van der Waals surface area contributed by atoms with Gasteiger partial charge in [0.25, 0.3) is 0 Å².